The van der Waals surface area contributed by atoms with E-state index in [1.807, 2.05) is 70.2 Å². The van der Waals surface area contributed by atoms with Crippen molar-refractivity contribution in [3.8, 4) is 5.75 Å². The highest BCUT2D eigenvalue weighted by molar-refractivity contribution is 7.82. The largest absolute Gasteiger partial charge is 0.489 e. The first kappa shape index (κ1) is 30.3. The Kier molecular flexibility index (Phi) is 17.2. The van der Waals surface area contributed by atoms with Crippen molar-refractivity contribution in [3.63, 3.8) is 0 Å². The summed E-state index contributed by atoms with van der Waals surface area (Å²) in [4.78, 5) is 9.48. The summed E-state index contributed by atoms with van der Waals surface area (Å²) in [5, 5.41) is 0.403. The van der Waals surface area contributed by atoms with Crippen LogP contribution < -0.4 is 9.46 Å². The van der Waals surface area contributed by atoms with Gasteiger partial charge in [0.2, 0.25) is 5.09 Å². The summed E-state index contributed by atoms with van der Waals surface area (Å²) in [5.41, 5.74) is 3.11. The van der Waals surface area contributed by atoms with E-state index in [1.165, 1.54) is 0 Å². The number of hydrogen-bond acceptors (Lipinski definition) is 5. The van der Waals surface area contributed by atoms with Crippen molar-refractivity contribution in [3.05, 3.63) is 78.1 Å². The SMILES string of the molecule is C=C/C=C\C(=C/C)c1ccc(OCc2cc(S(=O)NC)oc2C)cc1.CC.COCCC=O. The van der Waals surface area contributed by atoms with Crippen LogP contribution in [0.4, 0.5) is 0 Å². The van der Waals surface area contributed by atoms with E-state index in [9.17, 15) is 9.00 Å². The molecule has 0 amide bonds. The van der Waals surface area contributed by atoms with Crippen LogP contribution in [0, 0.1) is 6.92 Å². The van der Waals surface area contributed by atoms with Gasteiger partial charge in [-0.1, -0.05) is 56.9 Å². The van der Waals surface area contributed by atoms with E-state index in [2.05, 4.69) is 16.0 Å². The fourth-order valence-corrected chi connectivity index (χ4v) is 3.08. The Hall–Kier alpha value is -2.74. The third-order valence-corrected chi connectivity index (χ3v) is 5.05. The average molecular weight is 476 g/mol. The molecule has 6 nitrogen and oxygen atoms in total. The number of aldehydes is 1. The molecular formula is C26H37NO5S. The number of carbonyl (C=O) groups excluding carboxylic acids is 1. The molecule has 0 fully saturated rings. The van der Waals surface area contributed by atoms with Gasteiger partial charge in [-0.2, -0.15) is 0 Å². The first-order chi connectivity index (χ1) is 16.0. The van der Waals surface area contributed by atoms with Crippen LogP contribution in [0.3, 0.4) is 0 Å². The van der Waals surface area contributed by atoms with Gasteiger partial charge in [0.1, 0.15) is 24.4 Å². The summed E-state index contributed by atoms with van der Waals surface area (Å²) in [6.45, 7) is 12.4. The Morgan fingerprint density at radius 2 is 1.91 bits per heavy atom. The first-order valence-electron chi connectivity index (χ1n) is 10.8. The molecule has 0 spiro atoms. The summed E-state index contributed by atoms with van der Waals surface area (Å²) >= 11 is 0. The Morgan fingerprint density at radius 3 is 2.39 bits per heavy atom. The molecule has 1 heterocycles. The molecule has 0 aliphatic rings. The lowest BCUT2D eigenvalue weighted by Gasteiger charge is -2.07. The maximum Gasteiger partial charge on any atom is 0.206 e. The lowest BCUT2D eigenvalue weighted by molar-refractivity contribution is -0.108. The van der Waals surface area contributed by atoms with E-state index in [1.54, 1.807) is 26.3 Å². The Balaban J connectivity index is 0.00000111. The summed E-state index contributed by atoms with van der Waals surface area (Å²) in [6, 6.07) is 9.66. The maximum atomic E-state index is 11.7. The molecule has 182 valence electrons. The van der Waals surface area contributed by atoms with Crippen molar-refractivity contribution in [2.45, 2.75) is 45.8 Å². The predicted octanol–water partition coefficient (Wildman–Crippen LogP) is 5.80. The van der Waals surface area contributed by atoms with Crippen molar-refractivity contribution in [1.82, 2.24) is 4.72 Å². The van der Waals surface area contributed by atoms with E-state index in [0.29, 0.717) is 30.5 Å². The maximum absolute atomic E-state index is 11.7. The van der Waals surface area contributed by atoms with Crippen LogP contribution in [0.1, 0.15) is 44.1 Å². The number of methoxy groups -OCH3 is 1. The number of hydrogen-bond donors (Lipinski definition) is 1. The van der Waals surface area contributed by atoms with Crippen LogP contribution in [0.2, 0.25) is 0 Å². The van der Waals surface area contributed by atoms with Crippen LogP contribution in [-0.4, -0.2) is 31.3 Å². The number of nitrogens with one attached hydrogen (secondary N) is 1. The molecule has 0 bridgehead atoms. The monoisotopic (exact) mass is 475 g/mol. The van der Waals surface area contributed by atoms with E-state index >= 15 is 0 Å². The highest BCUT2D eigenvalue weighted by Gasteiger charge is 2.12. The fraction of sp³-hybridized carbons (Fsp3) is 0.346. The quantitative estimate of drug-likeness (QED) is 0.252. The van der Waals surface area contributed by atoms with E-state index in [-0.39, 0.29) is 0 Å². The number of furan rings is 1. The lowest BCUT2D eigenvalue weighted by atomic mass is 10.1. The van der Waals surface area contributed by atoms with E-state index in [0.717, 1.165) is 28.7 Å². The van der Waals surface area contributed by atoms with Gasteiger partial charge in [-0.3, -0.25) is 0 Å². The number of carbonyl (C=O) groups is 1. The van der Waals surface area contributed by atoms with Gasteiger partial charge in [0, 0.05) is 25.2 Å². The highest BCUT2D eigenvalue weighted by Crippen LogP contribution is 2.22. The summed E-state index contributed by atoms with van der Waals surface area (Å²) < 4.78 is 30.2. The van der Waals surface area contributed by atoms with Crippen molar-refractivity contribution in [2.24, 2.45) is 0 Å². The number of benzene rings is 1. The molecule has 7 heteroatoms. The van der Waals surface area contributed by atoms with Crippen molar-refractivity contribution < 1.29 is 22.9 Å². The normalized spacial score (nSPS) is 11.6. The van der Waals surface area contributed by atoms with Crippen molar-refractivity contribution in [2.75, 3.05) is 20.8 Å². The Labute approximate surface area is 201 Å². The zero-order valence-electron chi connectivity index (χ0n) is 20.6. The minimum Gasteiger partial charge on any atom is -0.489 e. The van der Waals surface area contributed by atoms with Gasteiger partial charge in [0.25, 0.3) is 0 Å². The summed E-state index contributed by atoms with van der Waals surface area (Å²) in [5.74, 6) is 1.48. The second-order valence-corrected chi connectivity index (χ2v) is 7.57. The second-order valence-electron chi connectivity index (χ2n) is 6.22. The topological polar surface area (TPSA) is 77.8 Å². The predicted molar refractivity (Wildman–Crippen MR) is 137 cm³/mol. The molecule has 2 aromatic rings. The molecule has 33 heavy (non-hydrogen) atoms. The molecule has 0 saturated carbocycles. The average Bonchev–Trinajstić information content (AvgIpc) is 3.24. The molecule has 1 aromatic carbocycles. The van der Waals surface area contributed by atoms with Gasteiger partial charge in [0.05, 0.1) is 6.61 Å². The second kappa shape index (κ2) is 18.8. The van der Waals surface area contributed by atoms with Crippen molar-refractivity contribution in [1.29, 1.82) is 0 Å². The van der Waals surface area contributed by atoms with Gasteiger partial charge in [0.15, 0.2) is 11.0 Å². The molecule has 0 aliphatic carbocycles. The van der Waals surface area contributed by atoms with Crippen LogP contribution in [0.25, 0.3) is 5.57 Å². The third kappa shape index (κ3) is 11.6. The van der Waals surface area contributed by atoms with Crippen LogP contribution in [-0.2, 0) is 27.1 Å². The van der Waals surface area contributed by atoms with Gasteiger partial charge in [-0.05, 0) is 44.2 Å². The summed E-state index contributed by atoms with van der Waals surface area (Å²) in [6.07, 6.45) is 9.08. The number of ether oxygens (including phenoxy) is 2. The fourth-order valence-electron chi connectivity index (χ4n) is 2.43. The number of rotatable bonds is 11. The van der Waals surface area contributed by atoms with E-state index in [4.69, 9.17) is 9.15 Å². The molecule has 1 atom stereocenters. The summed E-state index contributed by atoms with van der Waals surface area (Å²) in [7, 11) is 1.86. The lowest BCUT2D eigenvalue weighted by Crippen LogP contribution is -2.09. The minimum atomic E-state index is -1.33. The zero-order chi connectivity index (χ0) is 25.1. The molecule has 0 saturated heterocycles. The van der Waals surface area contributed by atoms with Gasteiger partial charge < -0.3 is 18.7 Å². The van der Waals surface area contributed by atoms with Gasteiger partial charge in [-0.25, -0.2) is 8.93 Å². The van der Waals surface area contributed by atoms with Gasteiger partial charge in [-0.15, -0.1) is 0 Å². The third-order valence-electron chi connectivity index (χ3n) is 4.11. The molecule has 1 aromatic heterocycles. The van der Waals surface area contributed by atoms with E-state index < -0.39 is 11.0 Å². The van der Waals surface area contributed by atoms with Gasteiger partial charge >= 0.3 is 0 Å². The standard InChI is InChI=1S/C20H23NO3S.C4H8O2.C2H6/c1-5-7-8-16(6-2)17-9-11-19(12-10-17)23-14-18-13-20(24-15(18)3)25(22)21-4;1-6-4-2-3-5;1-2/h5-13,21H,1,14H2,2-4H3;3H,2,4H2,1H3;1-2H3/b8-7-,16-6+;;. The molecule has 0 radical (unpaired) electrons. The molecule has 1 N–H and O–H groups in total. The molecule has 2 rings (SSSR count). The smallest absolute Gasteiger partial charge is 0.206 e. The minimum absolute atomic E-state index is 0.364. The van der Waals surface area contributed by atoms with Crippen molar-refractivity contribution >= 4 is 22.8 Å². The van der Waals surface area contributed by atoms with Crippen LogP contribution in [0.15, 0.2) is 70.7 Å². The zero-order valence-corrected chi connectivity index (χ0v) is 21.4. The highest BCUT2D eigenvalue weighted by atomic mass is 32.2. The first-order valence-corrected chi connectivity index (χ1v) is 11.9. The van der Waals surface area contributed by atoms with Crippen LogP contribution in [0.5, 0.6) is 5.75 Å². The molecule has 1 unspecified atom stereocenters. The molecular weight excluding hydrogens is 438 g/mol. The number of allylic oxidation sites excluding steroid dienone is 5. The number of aryl methyl sites for hydroxylation is 1. The Bertz CT molecular complexity index is 898. The Morgan fingerprint density at radius 1 is 1.24 bits per heavy atom. The molecule has 0 aliphatic heterocycles. The van der Waals surface area contributed by atoms with Crippen LogP contribution >= 0.6 is 0 Å².